The van der Waals surface area contributed by atoms with Crippen molar-refractivity contribution in [3.05, 3.63) is 101 Å². The fourth-order valence-corrected chi connectivity index (χ4v) is 4.22. The van der Waals surface area contributed by atoms with Gasteiger partial charge < -0.3 is 14.0 Å². The molecule has 0 N–H and O–H groups in total. The first-order valence-corrected chi connectivity index (χ1v) is 10.9. The maximum Gasteiger partial charge on any atom is 0.334 e. The molecule has 1 unspecified atom stereocenters. The number of ether oxygens (including phenoxy) is 2. The number of carbonyl (C=O) groups excluding carboxylic acids is 2. The zero-order chi connectivity index (χ0) is 23.1. The Morgan fingerprint density at radius 1 is 1.06 bits per heavy atom. The molecule has 5 rings (SSSR count). The summed E-state index contributed by atoms with van der Waals surface area (Å²) in [6.07, 6.45) is 3.71. The van der Waals surface area contributed by atoms with E-state index in [0.29, 0.717) is 28.2 Å². The van der Waals surface area contributed by atoms with Gasteiger partial charge in [0.15, 0.2) is 11.1 Å². The van der Waals surface area contributed by atoms with Crippen molar-refractivity contribution in [3.8, 4) is 11.5 Å². The predicted molar refractivity (Wildman–Crippen MR) is 128 cm³/mol. The molecule has 0 saturated carbocycles. The van der Waals surface area contributed by atoms with Gasteiger partial charge in [-0.25, -0.2) is 4.79 Å². The summed E-state index contributed by atoms with van der Waals surface area (Å²) in [7, 11) is 1.96. The molecule has 2 heterocycles. The van der Waals surface area contributed by atoms with E-state index in [0.717, 1.165) is 16.5 Å². The highest BCUT2D eigenvalue weighted by Gasteiger charge is 2.31. The molecule has 33 heavy (non-hydrogen) atoms. The van der Waals surface area contributed by atoms with Crippen LogP contribution in [0.3, 0.4) is 0 Å². The van der Waals surface area contributed by atoms with Gasteiger partial charge in [0.05, 0.1) is 5.56 Å². The van der Waals surface area contributed by atoms with Gasteiger partial charge in [-0.05, 0) is 36.8 Å². The number of hydrogen-bond donors (Lipinski definition) is 0. The van der Waals surface area contributed by atoms with E-state index >= 15 is 0 Å². The molecule has 4 aromatic rings. The molecule has 0 radical (unpaired) electrons. The van der Waals surface area contributed by atoms with E-state index in [4.69, 9.17) is 21.1 Å². The monoisotopic (exact) mass is 457 g/mol. The summed E-state index contributed by atoms with van der Waals surface area (Å²) in [6.45, 7) is 1.75. The molecule has 1 aliphatic rings. The van der Waals surface area contributed by atoms with E-state index < -0.39 is 11.3 Å². The number of para-hydroxylation sites is 1. The minimum Gasteiger partial charge on any atom is -0.452 e. The van der Waals surface area contributed by atoms with Crippen LogP contribution in [0.5, 0.6) is 11.5 Å². The second-order valence-electron chi connectivity index (χ2n) is 7.91. The second kappa shape index (κ2) is 8.26. The maximum atomic E-state index is 13.0. The predicted octanol–water partition coefficient (Wildman–Crippen LogP) is 5.99. The van der Waals surface area contributed by atoms with Gasteiger partial charge in [-0.15, -0.1) is 11.6 Å². The smallest absolute Gasteiger partial charge is 0.334 e. The first-order valence-electron chi connectivity index (χ1n) is 10.5. The average molecular weight is 458 g/mol. The number of hydrogen-bond acceptors (Lipinski definition) is 4. The van der Waals surface area contributed by atoms with Gasteiger partial charge in [-0.3, -0.25) is 4.79 Å². The van der Waals surface area contributed by atoms with E-state index in [-0.39, 0.29) is 11.5 Å². The molecule has 0 amide bonds. The lowest BCUT2D eigenvalue weighted by molar-refractivity contribution is -0.134. The van der Waals surface area contributed by atoms with Gasteiger partial charge in [-0.1, -0.05) is 48.5 Å². The van der Waals surface area contributed by atoms with E-state index in [1.165, 1.54) is 0 Å². The van der Waals surface area contributed by atoms with Crippen LogP contribution in [-0.4, -0.2) is 16.3 Å². The molecule has 0 saturated heterocycles. The Morgan fingerprint density at radius 2 is 1.79 bits per heavy atom. The molecule has 3 aromatic carbocycles. The Hall–Kier alpha value is -3.83. The molecule has 1 aliphatic heterocycles. The fourth-order valence-electron chi connectivity index (χ4n) is 4.03. The van der Waals surface area contributed by atoms with Crippen LogP contribution in [0, 0.1) is 6.92 Å². The standard InChI is InChI=1S/C27H20ClNO4/c1-16-22(33-27(31)24(28)17-8-4-3-5-9-17)13-12-20-25(30)23(32-26(16)20)14-18-15-29(2)21-11-7-6-10-19(18)21/h3-15,24H,1-2H3/b23-14-. The first-order chi connectivity index (χ1) is 15.9. The largest absolute Gasteiger partial charge is 0.452 e. The highest BCUT2D eigenvalue weighted by atomic mass is 35.5. The van der Waals surface area contributed by atoms with Crippen molar-refractivity contribution in [2.75, 3.05) is 0 Å². The minimum absolute atomic E-state index is 0.210. The number of esters is 1. The van der Waals surface area contributed by atoms with Crippen LogP contribution in [0.2, 0.25) is 0 Å². The number of carbonyl (C=O) groups is 2. The second-order valence-corrected chi connectivity index (χ2v) is 8.35. The fraction of sp³-hybridized carbons (Fsp3) is 0.111. The lowest BCUT2D eigenvalue weighted by atomic mass is 10.1. The molecule has 0 aliphatic carbocycles. The molecule has 1 aromatic heterocycles. The van der Waals surface area contributed by atoms with Crippen molar-refractivity contribution in [3.63, 3.8) is 0 Å². The van der Waals surface area contributed by atoms with Crippen molar-refractivity contribution in [1.29, 1.82) is 0 Å². The van der Waals surface area contributed by atoms with Crippen LogP contribution in [-0.2, 0) is 11.8 Å². The zero-order valence-electron chi connectivity index (χ0n) is 18.0. The molecule has 1 atom stereocenters. The third-order valence-electron chi connectivity index (χ3n) is 5.76. The Morgan fingerprint density at radius 3 is 2.58 bits per heavy atom. The van der Waals surface area contributed by atoms with Crippen molar-refractivity contribution in [1.82, 2.24) is 4.57 Å². The Kier molecular flexibility index (Phi) is 5.27. The van der Waals surface area contributed by atoms with Gasteiger partial charge in [0.1, 0.15) is 11.5 Å². The molecule has 164 valence electrons. The normalized spacial score (nSPS) is 14.9. The molecular formula is C27H20ClNO4. The number of nitrogens with zero attached hydrogens (tertiary/aromatic N) is 1. The van der Waals surface area contributed by atoms with Crippen molar-refractivity contribution in [2.24, 2.45) is 7.05 Å². The van der Waals surface area contributed by atoms with Crippen LogP contribution in [0.4, 0.5) is 0 Å². The number of fused-ring (bicyclic) bond motifs is 2. The van der Waals surface area contributed by atoms with Crippen LogP contribution < -0.4 is 9.47 Å². The number of benzene rings is 3. The minimum atomic E-state index is -0.941. The highest BCUT2D eigenvalue weighted by molar-refractivity contribution is 6.30. The van der Waals surface area contributed by atoms with Crippen LogP contribution >= 0.6 is 11.6 Å². The van der Waals surface area contributed by atoms with E-state index in [2.05, 4.69) is 0 Å². The molecule has 0 spiro atoms. The topological polar surface area (TPSA) is 57.5 Å². The van der Waals surface area contributed by atoms with Gasteiger partial charge in [0.25, 0.3) is 0 Å². The summed E-state index contributed by atoms with van der Waals surface area (Å²) in [5.41, 5.74) is 3.60. The van der Waals surface area contributed by atoms with Crippen molar-refractivity contribution in [2.45, 2.75) is 12.3 Å². The van der Waals surface area contributed by atoms with Gasteiger partial charge in [-0.2, -0.15) is 0 Å². The lowest BCUT2D eigenvalue weighted by Crippen LogP contribution is -2.15. The third kappa shape index (κ3) is 3.70. The summed E-state index contributed by atoms with van der Waals surface area (Å²) < 4.78 is 13.5. The summed E-state index contributed by atoms with van der Waals surface area (Å²) in [5, 5.41) is 0.0866. The third-order valence-corrected chi connectivity index (χ3v) is 6.19. The first kappa shape index (κ1) is 21.0. The lowest BCUT2D eigenvalue weighted by Gasteiger charge is -2.13. The molecule has 0 bridgehead atoms. The number of Topliss-reactive ketones (excluding diaryl/α,β-unsaturated/α-hetero) is 1. The summed E-state index contributed by atoms with van der Waals surface area (Å²) in [5.74, 6) is 0.120. The van der Waals surface area contributed by atoms with Gasteiger partial charge in [0.2, 0.25) is 5.78 Å². The van der Waals surface area contributed by atoms with Crippen molar-refractivity contribution < 1.29 is 19.1 Å². The zero-order valence-corrected chi connectivity index (χ0v) is 18.8. The van der Waals surface area contributed by atoms with E-state index in [1.54, 1.807) is 37.3 Å². The highest BCUT2D eigenvalue weighted by Crippen LogP contribution is 2.40. The van der Waals surface area contributed by atoms with E-state index in [9.17, 15) is 9.59 Å². The summed E-state index contributed by atoms with van der Waals surface area (Å²) >= 11 is 6.29. The number of ketones is 1. The van der Waals surface area contributed by atoms with Gasteiger partial charge >= 0.3 is 5.97 Å². The number of halogens is 1. The molecule has 0 fully saturated rings. The van der Waals surface area contributed by atoms with Gasteiger partial charge in [0, 0.05) is 35.3 Å². The summed E-state index contributed by atoms with van der Waals surface area (Å²) in [4.78, 5) is 25.6. The Bertz CT molecular complexity index is 1440. The van der Waals surface area contributed by atoms with Crippen LogP contribution in [0.15, 0.2) is 78.7 Å². The number of rotatable bonds is 4. The number of allylic oxidation sites excluding steroid dienone is 1. The van der Waals surface area contributed by atoms with Crippen LogP contribution in [0.25, 0.3) is 17.0 Å². The SMILES string of the molecule is Cc1c(OC(=O)C(Cl)c2ccccc2)ccc2c1O/C(=C\c1cn(C)c3ccccc13)C2=O. The Balaban J connectivity index is 1.43. The van der Waals surface area contributed by atoms with Crippen LogP contribution in [0.1, 0.15) is 32.4 Å². The molecule has 6 heteroatoms. The number of alkyl halides is 1. The maximum absolute atomic E-state index is 13.0. The number of aryl methyl sites for hydroxylation is 1. The quantitative estimate of drug-likeness (QED) is 0.163. The van der Waals surface area contributed by atoms with Crippen molar-refractivity contribution >= 4 is 40.3 Å². The average Bonchev–Trinajstić information content (AvgIpc) is 3.33. The molecular weight excluding hydrogens is 438 g/mol. The van der Waals surface area contributed by atoms with E-state index in [1.807, 2.05) is 60.3 Å². The molecule has 5 nitrogen and oxygen atoms in total. The number of aromatic nitrogens is 1. The Labute approximate surface area is 195 Å². The summed E-state index contributed by atoms with van der Waals surface area (Å²) in [6, 6.07) is 20.2.